The lowest BCUT2D eigenvalue weighted by molar-refractivity contribution is -0.141. The number of aromatic hydroxyl groups is 1. The molecule has 4 unspecified atom stereocenters. The number of carbonyl (C=O) groups is 4. The molecular weight excluding hydrogens is 368 g/mol. The van der Waals surface area contributed by atoms with Crippen molar-refractivity contribution in [3.8, 4) is 5.75 Å². The summed E-state index contributed by atoms with van der Waals surface area (Å²) in [5.41, 5.74) is 6.59. The van der Waals surface area contributed by atoms with E-state index < -0.39 is 47.9 Å². The molecule has 0 spiro atoms. The Kier molecular flexibility index (Phi) is 8.39. The Labute approximate surface area is 162 Å². The largest absolute Gasteiger partial charge is 0.508 e. The number of nitrogens with two attached hydrogens (primary N) is 1. The average molecular weight is 394 g/mol. The van der Waals surface area contributed by atoms with Gasteiger partial charge >= 0.3 is 5.97 Å². The predicted molar refractivity (Wildman–Crippen MR) is 100 cm³/mol. The quantitative estimate of drug-likeness (QED) is 0.307. The Morgan fingerprint density at radius 1 is 0.857 bits per heavy atom. The van der Waals surface area contributed by atoms with E-state index in [0.29, 0.717) is 0 Å². The SMILES string of the molecule is CC(NC(=O)C(C)NC(=O)C(C)NC(=O)C(N)Cc1ccc(O)cc1)C(=O)O. The van der Waals surface area contributed by atoms with Gasteiger partial charge < -0.3 is 31.9 Å². The van der Waals surface area contributed by atoms with Gasteiger partial charge in [-0.1, -0.05) is 12.1 Å². The van der Waals surface area contributed by atoms with Gasteiger partial charge in [0.1, 0.15) is 23.9 Å². The number of phenolic OH excluding ortho intramolecular Hbond substituents is 1. The fraction of sp³-hybridized carbons (Fsp3) is 0.444. The highest BCUT2D eigenvalue weighted by Gasteiger charge is 2.24. The molecule has 0 heterocycles. The second-order valence-corrected chi connectivity index (χ2v) is 6.51. The Morgan fingerprint density at radius 3 is 1.75 bits per heavy atom. The van der Waals surface area contributed by atoms with Crippen LogP contribution in [0.3, 0.4) is 0 Å². The van der Waals surface area contributed by atoms with Crippen molar-refractivity contribution in [1.82, 2.24) is 16.0 Å². The highest BCUT2D eigenvalue weighted by Crippen LogP contribution is 2.10. The molecule has 154 valence electrons. The highest BCUT2D eigenvalue weighted by molar-refractivity contribution is 5.93. The predicted octanol–water partition coefficient (Wildman–Crippen LogP) is -1.14. The van der Waals surface area contributed by atoms with E-state index in [1.165, 1.54) is 32.9 Å². The molecule has 10 heteroatoms. The van der Waals surface area contributed by atoms with Crippen molar-refractivity contribution < 1.29 is 29.4 Å². The molecule has 10 nitrogen and oxygen atoms in total. The molecule has 4 atom stereocenters. The van der Waals surface area contributed by atoms with Crippen LogP contribution < -0.4 is 21.7 Å². The van der Waals surface area contributed by atoms with Crippen molar-refractivity contribution in [3.05, 3.63) is 29.8 Å². The maximum absolute atomic E-state index is 12.2. The summed E-state index contributed by atoms with van der Waals surface area (Å²) in [7, 11) is 0. The van der Waals surface area contributed by atoms with Gasteiger partial charge in [-0.15, -0.1) is 0 Å². The van der Waals surface area contributed by atoms with E-state index in [9.17, 15) is 24.3 Å². The number of phenols is 1. The number of carboxylic acid groups (broad SMARTS) is 1. The molecule has 0 bridgehead atoms. The Hall–Kier alpha value is -3.14. The Morgan fingerprint density at radius 2 is 1.29 bits per heavy atom. The number of rotatable bonds is 9. The minimum atomic E-state index is -1.20. The number of carbonyl (C=O) groups excluding carboxylic acids is 3. The molecule has 0 aliphatic rings. The Bertz CT molecular complexity index is 721. The number of aliphatic carboxylic acids is 1. The summed E-state index contributed by atoms with van der Waals surface area (Å²) in [5.74, 6) is -2.92. The molecule has 3 amide bonds. The van der Waals surface area contributed by atoms with Crippen molar-refractivity contribution in [1.29, 1.82) is 0 Å². The van der Waals surface area contributed by atoms with Crippen molar-refractivity contribution in [2.24, 2.45) is 5.73 Å². The molecular formula is C18H26N4O6. The van der Waals surface area contributed by atoms with Gasteiger partial charge in [-0.05, 0) is 44.9 Å². The minimum Gasteiger partial charge on any atom is -0.508 e. The van der Waals surface area contributed by atoms with Crippen molar-refractivity contribution in [2.75, 3.05) is 0 Å². The van der Waals surface area contributed by atoms with Gasteiger partial charge in [0.15, 0.2) is 0 Å². The summed E-state index contributed by atoms with van der Waals surface area (Å²) in [6.45, 7) is 4.13. The third kappa shape index (κ3) is 7.23. The van der Waals surface area contributed by atoms with Gasteiger partial charge in [0.2, 0.25) is 17.7 Å². The molecule has 7 N–H and O–H groups in total. The van der Waals surface area contributed by atoms with Crippen LogP contribution in [-0.4, -0.2) is 58.1 Å². The molecule has 1 aromatic carbocycles. The summed E-state index contributed by atoms with van der Waals surface area (Å²) < 4.78 is 0. The van der Waals surface area contributed by atoms with Crippen LogP contribution in [0.2, 0.25) is 0 Å². The first-order chi connectivity index (χ1) is 13.0. The van der Waals surface area contributed by atoms with Crippen LogP contribution in [-0.2, 0) is 25.6 Å². The third-order valence-corrected chi connectivity index (χ3v) is 3.96. The zero-order valence-electron chi connectivity index (χ0n) is 15.9. The van der Waals surface area contributed by atoms with E-state index in [-0.39, 0.29) is 12.2 Å². The topological polar surface area (TPSA) is 171 Å². The average Bonchev–Trinajstić information content (AvgIpc) is 2.62. The van der Waals surface area contributed by atoms with Crippen LogP contribution in [0.4, 0.5) is 0 Å². The van der Waals surface area contributed by atoms with E-state index in [1.54, 1.807) is 12.1 Å². The standard InChI is InChI=1S/C18H26N4O6/c1-9(16(25)22-11(3)18(27)28)20-15(24)10(2)21-17(26)14(19)8-12-4-6-13(23)7-5-12/h4-7,9-11,14,23H,8,19H2,1-3H3,(H,20,24)(H,21,26)(H,22,25)(H,27,28). The minimum absolute atomic E-state index is 0.1000. The molecule has 0 fully saturated rings. The summed E-state index contributed by atoms with van der Waals surface area (Å²) in [6.07, 6.45) is 0.215. The van der Waals surface area contributed by atoms with Crippen molar-refractivity contribution in [2.45, 2.75) is 51.4 Å². The van der Waals surface area contributed by atoms with E-state index in [1.807, 2.05) is 0 Å². The van der Waals surface area contributed by atoms with E-state index in [0.717, 1.165) is 5.56 Å². The fourth-order valence-corrected chi connectivity index (χ4v) is 2.17. The van der Waals surface area contributed by atoms with Gasteiger partial charge in [0, 0.05) is 0 Å². The number of hydrogen-bond acceptors (Lipinski definition) is 6. The van der Waals surface area contributed by atoms with Gasteiger partial charge in [-0.25, -0.2) is 0 Å². The number of amides is 3. The monoisotopic (exact) mass is 394 g/mol. The number of nitrogens with one attached hydrogen (secondary N) is 3. The van der Waals surface area contributed by atoms with Gasteiger partial charge in [0.05, 0.1) is 6.04 Å². The second-order valence-electron chi connectivity index (χ2n) is 6.51. The summed E-state index contributed by atoms with van der Waals surface area (Å²) in [4.78, 5) is 46.9. The van der Waals surface area contributed by atoms with E-state index in [4.69, 9.17) is 10.8 Å². The van der Waals surface area contributed by atoms with Crippen molar-refractivity contribution in [3.63, 3.8) is 0 Å². The lowest BCUT2D eigenvalue weighted by Crippen LogP contribution is -2.55. The molecule has 1 rings (SSSR count). The van der Waals surface area contributed by atoms with Crippen LogP contribution in [0.5, 0.6) is 5.75 Å². The van der Waals surface area contributed by atoms with Crippen LogP contribution in [0.1, 0.15) is 26.3 Å². The lowest BCUT2D eigenvalue weighted by atomic mass is 10.1. The summed E-state index contributed by atoms with van der Waals surface area (Å²) >= 11 is 0. The van der Waals surface area contributed by atoms with Gasteiger partial charge in [0.25, 0.3) is 0 Å². The van der Waals surface area contributed by atoms with Crippen LogP contribution >= 0.6 is 0 Å². The molecule has 0 saturated heterocycles. The zero-order chi connectivity index (χ0) is 21.4. The zero-order valence-corrected chi connectivity index (χ0v) is 15.9. The van der Waals surface area contributed by atoms with Crippen LogP contribution in [0, 0.1) is 0 Å². The molecule has 1 aromatic rings. The molecule has 0 aliphatic carbocycles. The molecule has 28 heavy (non-hydrogen) atoms. The van der Waals surface area contributed by atoms with Gasteiger partial charge in [-0.3, -0.25) is 19.2 Å². The third-order valence-electron chi connectivity index (χ3n) is 3.96. The second kappa shape index (κ2) is 10.3. The first-order valence-corrected chi connectivity index (χ1v) is 8.68. The normalized spacial score (nSPS) is 14.9. The number of hydrogen-bond donors (Lipinski definition) is 6. The van der Waals surface area contributed by atoms with Gasteiger partial charge in [-0.2, -0.15) is 0 Å². The van der Waals surface area contributed by atoms with Crippen LogP contribution in [0.15, 0.2) is 24.3 Å². The molecule has 0 aliphatic heterocycles. The first kappa shape index (κ1) is 22.9. The number of benzene rings is 1. The van der Waals surface area contributed by atoms with Crippen molar-refractivity contribution >= 4 is 23.7 Å². The molecule has 0 aromatic heterocycles. The van der Waals surface area contributed by atoms with E-state index in [2.05, 4.69) is 16.0 Å². The first-order valence-electron chi connectivity index (χ1n) is 8.68. The van der Waals surface area contributed by atoms with Crippen LogP contribution in [0.25, 0.3) is 0 Å². The van der Waals surface area contributed by atoms with E-state index >= 15 is 0 Å². The summed E-state index contributed by atoms with van der Waals surface area (Å²) in [5, 5.41) is 25.1. The maximum atomic E-state index is 12.2. The molecule has 0 radical (unpaired) electrons. The number of carboxylic acids is 1. The summed E-state index contributed by atoms with van der Waals surface area (Å²) in [6, 6.07) is 2.29. The molecule has 0 saturated carbocycles. The maximum Gasteiger partial charge on any atom is 0.325 e. The fourth-order valence-electron chi connectivity index (χ4n) is 2.17. The lowest BCUT2D eigenvalue weighted by Gasteiger charge is -2.20. The highest BCUT2D eigenvalue weighted by atomic mass is 16.4. The smallest absolute Gasteiger partial charge is 0.325 e. The Balaban J connectivity index is 2.51.